The van der Waals surface area contributed by atoms with Crippen LogP contribution in [0.2, 0.25) is 0 Å². The molecule has 90 valence electrons. The zero-order valence-corrected chi connectivity index (χ0v) is 11.4. The lowest BCUT2D eigenvalue weighted by Gasteiger charge is -2.13. The Morgan fingerprint density at radius 3 is 2.24 bits per heavy atom. The van der Waals surface area contributed by atoms with Gasteiger partial charge in [-0.3, -0.25) is 0 Å². The van der Waals surface area contributed by atoms with Gasteiger partial charge in [0, 0.05) is 15.7 Å². The van der Waals surface area contributed by atoms with Crippen LogP contribution >= 0.6 is 11.8 Å². The van der Waals surface area contributed by atoms with Crippen molar-refractivity contribution in [3.8, 4) is 11.5 Å². The standard InChI is InChI=1S/C14H16O2S/c1-9-7-10-11(15-2)5-6-12(16-3)14(10)13(8-9)17-4/h5-8H,1-4H3. The number of rotatable bonds is 3. The molecule has 0 radical (unpaired) electrons. The number of fused-ring (bicyclic) bond motifs is 1. The minimum absolute atomic E-state index is 0.889. The summed E-state index contributed by atoms with van der Waals surface area (Å²) in [5.41, 5.74) is 1.23. The second kappa shape index (κ2) is 4.88. The third-order valence-corrected chi connectivity index (χ3v) is 3.57. The smallest absolute Gasteiger partial charge is 0.128 e. The van der Waals surface area contributed by atoms with Crippen LogP contribution in [0.4, 0.5) is 0 Å². The van der Waals surface area contributed by atoms with E-state index in [1.807, 2.05) is 12.1 Å². The molecule has 0 aromatic heterocycles. The third-order valence-electron chi connectivity index (χ3n) is 2.80. The van der Waals surface area contributed by atoms with Crippen LogP contribution in [0.5, 0.6) is 11.5 Å². The molecular formula is C14H16O2S. The molecule has 2 nitrogen and oxygen atoms in total. The quantitative estimate of drug-likeness (QED) is 0.768. The fourth-order valence-corrected chi connectivity index (χ4v) is 2.75. The van der Waals surface area contributed by atoms with Crippen LogP contribution in [0.3, 0.4) is 0 Å². The number of aryl methyl sites for hydroxylation is 1. The number of hydrogen-bond donors (Lipinski definition) is 0. The highest BCUT2D eigenvalue weighted by Crippen LogP contribution is 2.39. The summed E-state index contributed by atoms with van der Waals surface area (Å²) in [6.45, 7) is 2.10. The Morgan fingerprint density at radius 2 is 1.65 bits per heavy atom. The molecular weight excluding hydrogens is 232 g/mol. The molecule has 0 atom stereocenters. The van der Waals surface area contributed by atoms with Gasteiger partial charge in [0.05, 0.1) is 14.2 Å². The zero-order chi connectivity index (χ0) is 12.4. The average Bonchev–Trinajstić information content (AvgIpc) is 2.36. The Balaban J connectivity index is 2.89. The van der Waals surface area contributed by atoms with Crippen molar-refractivity contribution in [1.29, 1.82) is 0 Å². The Labute approximate surface area is 106 Å². The highest BCUT2D eigenvalue weighted by Gasteiger charge is 2.11. The van der Waals surface area contributed by atoms with E-state index in [9.17, 15) is 0 Å². The molecule has 0 amide bonds. The highest BCUT2D eigenvalue weighted by atomic mass is 32.2. The molecule has 2 rings (SSSR count). The molecule has 0 fully saturated rings. The summed E-state index contributed by atoms with van der Waals surface area (Å²) >= 11 is 1.73. The molecule has 0 saturated heterocycles. The topological polar surface area (TPSA) is 18.5 Å². The van der Waals surface area contributed by atoms with E-state index in [0.717, 1.165) is 22.3 Å². The molecule has 0 unspecified atom stereocenters. The monoisotopic (exact) mass is 248 g/mol. The van der Waals surface area contributed by atoms with E-state index < -0.39 is 0 Å². The molecule has 0 spiro atoms. The van der Waals surface area contributed by atoms with E-state index in [1.165, 1.54) is 10.5 Å². The first-order valence-electron chi connectivity index (χ1n) is 5.40. The van der Waals surface area contributed by atoms with Crippen molar-refractivity contribution in [2.24, 2.45) is 0 Å². The lowest BCUT2D eigenvalue weighted by molar-refractivity contribution is 0.410. The second-order valence-electron chi connectivity index (χ2n) is 3.86. The zero-order valence-electron chi connectivity index (χ0n) is 10.5. The lowest BCUT2D eigenvalue weighted by Crippen LogP contribution is -1.91. The summed E-state index contributed by atoms with van der Waals surface area (Å²) in [5, 5.41) is 2.24. The summed E-state index contributed by atoms with van der Waals surface area (Å²) in [6.07, 6.45) is 2.08. The van der Waals surface area contributed by atoms with Crippen LogP contribution in [0.15, 0.2) is 29.2 Å². The molecule has 3 heteroatoms. The van der Waals surface area contributed by atoms with Crippen molar-refractivity contribution in [1.82, 2.24) is 0 Å². The van der Waals surface area contributed by atoms with E-state index in [4.69, 9.17) is 9.47 Å². The molecule has 0 aliphatic carbocycles. The Bertz CT molecular complexity index is 549. The predicted molar refractivity (Wildman–Crippen MR) is 73.6 cm³/mol. The van der Waals surface area contributed by atoms with Gasteiger partial charge in [-0.15, -0.1) is 11.8 Å². The Kier molecular flexibility index (Phi) is 3.48. The summed E-state index contributed by atoms with van der Waals surface area (Å²) in [5.74, 6) is 1.78. The van der Waals surface area contributed by atoms with Gasteiger partial charge in [0.15, 0.2) is 0 Å². The molecule has 0 bridgehead atoms. The fraction of sp³-hybridized carbons (Fsp3) is 0.286. The van der Waals surface area contributed by atoms with E-state index in [2.05, 4.69) is 25.3 Å². The number of thioether (sulfide) groups is 1. The molecule has 17 heavy (non-hydrogen) atoms. The first-order valence-corrected chi connectivity index (χ1v) is 6.63. The maximum Gasteiger partial charge on any atom is 0.128 e. The van der Waals surface area contributed by atoms with Crippen LogP contribution in [0, 0.1) is 6.92 Å². The third kappa shape index (κ3) is 2.07. The molecule has 2 aromatic carbocycles. The summed E-state index contributed by atoms with van der Waals surface area (Å²) in [7, 11) is 3.40. The first kappa shape index (κ1) is 12.1. The minimum atomic E-state index is 0.889. The molecule has 0 aliphatic heterocycles. The van der Waals surface area contributed by atoms with Crippen molar-refractivity contribution in [2.45, 2.75) is 11.8 Å². The van der Waals surface area contributed by atoms with Crippen LogP contribution in [-0.2, 0) is 0 Å². The van der Waals surface area contributed by atoms with E-state index in [1.54, 1.807) is 26.0 Å². The maximum atomic E-state index is 5.44. The van der Waals surface area contributed by atoms with Gasteiger partial charge in [0.25, 0.3) is 0 Å². The Morgan fingerprint density at radius 1 is 1.00 bits per heavy atom. The van der Waals surface area contributed by atoms with Crippen molar-refractivity contribution >= 4 is 22.5 Å². The normalized spacial score (nSPS) is 10.6. The molecule has 0 N–H and O–H groups in total. The average molecular weight is 248 g/mol. The number of benzene rings is 2. The maximum absolute atomic E-state index is 5.44. The van der Waals surface area contributed by atoms with Crippen molar-refractivity contribution in [3.63, 3.8) is 0 Å². The van der Waals surface area contributed by atoms with Gasteiger partial charge in [-0.1, -0.05) is 0 Å². The van der Waals surface area contributed by atoms with Crippen molar-refractivity contribution < 1.29 is 9.47 Å². The molecule has 0 heterocycles. The van der Waals surface area contributed by atoms with Crippen LogP contribution in [0.1, 0.15) is 5.56 Å². The summed E-state index contributed by atoms with van der Waals surface area (Å²) in [4.78, 5) is 1.22. The molecule has 2 aromatic rings. The van der Waals surface area contributed by atoms with E-state index >= 15 is 0 Å². The second-order valence-corrected chi connectivity index (χ2v) is 4.71. The fourth-order valence-electron chi connectivity index (χ4n) is 2.04. The van der Waals surface area contributed by atoms with Gasteiger partial charge in [0.2, 0.25) is 0 Å². The van der Waals surface area contributed by atoms with Crippen LogP contribution in [0.25, 0.3) is 10.8 Å². The number of hydrogen-bond acceptors (Lipinski definition) is 3. The van der Waals surface area contributed by atoms with Crippen LogP contribution < -0.4 is 9.47 Å². The SMILES string of the molecule is COc1ccc(OC)c2c(SC)cc(C)cc12. The minimum Gasteiger partial charge on any atom is -0.496 e. The van der Waals surface area contributed by atoms with Gasteiger partial charge in [-0.25, -0.2) is 0 Å². The first-order chi connectivity index (χ1) is 8.21. The van der Waals surface area contributed by atoms with E-state index in [-0.39, 0.29) is 0 Å². The Hall–Kier alpha value is -1.35. The molecule has 0 saturated carbocycles. The summed E-state index contributed by atoms with van der Waals surface area (Å²) in [6, 6.07) is 8.21. The number of methoxy groups -OCH3 is 2. The number of ether oxygens (including phenoxy) is 2. The lowest BCUT2D eigenvalue weighted by atomic mass is 10.1. The summed E-state index contributed by atoms with van der Waals surface area (Å²) < 4.78 is 10.9. The van der Waals surface area contributed by atoms with Gasteiger partial charge in [-0.2, -0.15) is 0 Å². The van der Waals surface area contributed by atoms with E-state index in [0.29, 0.717) is 0 Å². The van der Waals surface area contributed by atoms with Crippen molar-refractivity contribution in [3.05, 3.63) is 29.8 Å². The molecule has 0 aliphatic rings. The largest absolute Gasteiger partial charge is 0.496 e. The van der Waals surface area contributed by atoms with Gasteiger partial charge < -0.3 is 9.47 Å². The van der Waals surface area contributed by atoms with Crippen LogP contribution in [-0.4, -0.2) is 20.5 Å². The predicted octanol–water partition coefficient (Wildman–Crippen LogP) is 3.89. The van der Waals surface area contributed by atoms with Crippen molar-refractivity contribution in [2.75, 3.05) is 20.5 Å². The van der Waals surface area contributed by atoms with Gasteiger partial charge in [-0.05, 0) is 43.0 Å². The van der Waals surface area contributed by atoms with Gasteiger partial charge >= 0.3 is 0 Å². The van der Waals surface area contributed by atoms with Gasteiger partial charge in [0.1, 0.15) is 11.5 Å². The highest BCUT2D eigenvalue weighted by molar-refractivity contribution is 7.98.